The molecule has 6 nitrogen and oxygen atoms in total. The second kappa shape index (κ2) is 6.82. The quantitative estimate of drug-likeness (QED) is 0.596. The van der Waals surface area contributed by atoms with Crippen LogP contribution in [0.5, 0.6) is 0 Å². The van der Waals surface area contributed by atoms with E-state index in [2.05, 4.69) is 4.72 Å². The maximum Gasteiger partial charge on any atom is 0.321 e. The van der Waals surface area contributed by atoms with Crippen LogP contribution in [-0.4, -0.2) is 44.5 Å². The highest BCUT2D eigenvalue weighted by atomic mass is 32.2. The third-order valence-electron chi connectivity index (χ3n) is 1.94. The lowest BCUT2D eigenvalue weighted by molar-refractivity contribution is -0.140. The first kappa shape index (κ1) is 15.3. The second-order valence-corrected chi connectivity index (χ2v) is 5.57. The Morgan fingerprint density at radius 3 is 2.38 bits per heavy atom. The molecular weight excluding hydrogens is 234 g/mol. The van der Waals surface area contributed by atoms with Crippen molar-refractivity contribution in [1.29, 1.82) is 0 Å². The molecule has 7 heteroatoms. The Kier molecular flexibility index (Phi) is 6.54. The predicted octanol–water partition coefficient (Wildman–Crippen LogP) is 0.0515. The van der Waals surface area contributed by atoms with Crippen molar-refractivity contribution in [3.63, 3.8) is 0 Å². The monoisotopic (exact) mass is 253 g/mol. The largest absolute Gasteiger partial charge is 0.480 e. The summed E-state index contributed by atoms with van der Waals surface area (Å²) >= 11 is 0. The Morgan fingerprint density at radius 2 is 2.00 bits per heavy atom. The summed E-state index contributed by atoms with van der Waals surface area (Å²) in [5, 5.41) is 8.82. The molecule has 96 valence electrons. The summed E-state index contributed by atoms with van der Waals surface area (Å²) < 4.78 is 30.0. The van der Waals surface area contributed by atoms with Gasteiger partial charge < -0.3 is 9.84 Å². The lowest BCUT2D eigenvalue weighted by atomic mass is 10.1. The van der Waals surface area contributed by atoms with Crippen molar-refractivity contribution in [2.75, 3.05) is 19.0 Å². The minimum Gasteiger partial charge on any atom is -0.480 e. The molecular formula is C9H19NO5S. The van der Waals surface area contributed by atoms with Gasteiger partial charge in [-0.05, 0) is 12.8 Å². The van der Waals surface area contributed by atoms with Crippen molar-refractivity contribution in [2.45, 2.75) is 26.8 Å². The van der Waals surface area contributed by atoms with Crippen LogP contribution in [0, 0.1) is 5.92 Å². The molecule has 0 heterocycles. The van der Waals surface area contributed by atoms with Crippen molar-refractivity contribution < 1.29 is 23.1 Å². The Hall–Kier alpha value is -0.660. The summed E-state index contributed by atoms with van der Waals surface area (Å²) in [5.41, 5.74) is 0. The van der Waals surface area contributed by atoms with Gasteiger partial charge >= 0.3 is 5.97 Å². The first-order chi connectivity index (χ1) is 7.30. The van der Waals surface area contributed by atoms with E-state index < -0.39 is 22.0 Å². The number of carboxylic acids is 1. The molecule has 0 saturated carbocycles. The molecule has 0 radical (unpaired) electrons. The van der Waals surface area contributed by atoms with Crippen LogP contribution in [0.1, 0.15) is 20.8 Å². The first-order valence-electron chi connectivity index (χ1n) is 5.10. The Balaban J connectivity index is 4.37. The van der Waals surface area contributed by atoms with Crippen molar-refractivity contribution >= 4 is 16.0 Å². The van der Waals surface area contributed by atoms with Gasteiger partial charge in [0.05, 0.1) is 12.4 Å². The fourth-order valence-corrected chi connectivity index (χ4v) is 2.25. The third-order valence-corrected chi connectivity index (χ3v) is 3.26. The van der Waals surface area contributed by atoms with Crippen LogP contribution < -0.4 is 4.72 Å². The number of nitrogens with one attached hydrogen (secondary N) is 1. The second-order valence-electron chi connectivity index (χ2n) is 3.69. The topological polar surface area (TPSA) is 92.7 Å². The molecule has 2 N–H and O–H groups in total. The van der Waals surface area contributed by atoms with E-state index in [-0.39, 0.29) is 18.3 Å². The molecule has 0 bridgehead atoms. The lowest BCUT2D eigenvalue weighted by Crippen LogP contribution is -2.45. The molecule has 0 aromatic rings. The normalized spacial score (nSPS) is 14.0. The van der Waals surface area contributed by atoms with Gasteiger partial charge in [0.1, 0.15) is 6.04 Å². The van der Waals surface area contributed by atoms with Crippen molar-refractivity contribution in [3.8, 4) is 0 Å². The van der Waals surface area contributed by atoms with Gasteiger partial charge in [0, 0.05) is 6.61 Å². The number of hydrogen-bond acceptors (Lipinski definition) is 4. The molecule has 0 amide bonds. The average molecular weight is 253 g/mol. The standard InChI is InChI=1S/C9H19NO5S/c1-4-15-5-6-16(13,14)10-8(7(2)3)9(11)12/h7-8,10H,4-6H2,1-3H3,(H,11,12)/t8-/m1/s1. The zero-order valence-electron chi connectivity index (χ0n) is 9.76. The molecule has 16 heavy (non-hydrogen) atoms. The van der Waals surface area contributed by atoms with E-state index in [9.17, 15) is 13.2 Å². The van der Waals surface area contributed by atoms with Crippen molar-refractivity contribution in [3.05, 3.63) is 0 Å². The minimum atomic E-state index is -3.60. The van der Waals surface area contributed by atoms with Crippen LogP contribution in [0.15, 0.2) is 0 Å². The van der Waals surface area contributed by atoms with Gasteiger partial charge in [0.2, 0.25) is 10.0 Å². The van der Waals surface area contributed by atoms with Gasteiger partial charge in [-0.2, -0.15) is 0 Å². The molecule has 0 aliphatic heterocycles. The SMILES string of the molecule is CCOCCS(=O)(=O)N[C@@H](C(=O)O)C(C)C. The molecule has 0 saturated heterocycles. The molecule has 1 atom stereocenters. The van der Waals surface area contributed by atoms with Gasteiger partial charge in [0.15, 0.2) is 0 Å². The van der Waals surface area contributed by atoms with Crippen molar-refractivity contribution in [1.82, 2.24) is 4.72 Å². The lowest BCUT2D eigenvalue weighted by Gasteiger charge is -2.17. The number of ether oxygens (including phenoxy) is 1. The third kappa shape index (κ3) is 6.04. The Bertz CT molecular complexity index is 312. The van der Waals surface area contributed by atoms with Gasteiger partial charge in [-0.25, -0.2) is 13.1 Å². The number of hydrogen-bond donors (Lipinski definition) is 2. The van der Waals surface area contributed by atoms with E-state index in [1.165, 1.54) is 0 Å². The van der Waals surface area contributed by atoms with Gasteiger partial charge in [0.25, 0.3) is 0 Å². The summed E-state index contributed by atoms with van der Waals surface area (Å²) in [6, 6.07) is -1.09. The maximum absolute atomic E-state index is 11.5. The molecule has 0 aliphatic rings. The zero-order valence-corrected chi connectivity index (χ0v) is 10.6. The highest BCUT2D eigenvalue weighted by Gasteiger charge is 2.26. The summed E-state index contributed by atoms with van der Waals surface area (Å²) in [4.78, 5) is 10.8. The highest BCUT2D eigenvalue weighted by Crippen LogP contribution is 2.03. The van der Waals surface area contributed by atoms with Crippen LogP contribution in [0.3, 0.4) is 0 Å². The fourth-order valence-electron chi connectivity index (χ4n) is 1.04. The minimum absolute atomic E-state index is 0.0657. The maximum atomic E-state index is 11.5. The number of carboxylic acid groups (broad SMARTS) is 1. The van der Waals surface area contributed by atoms with E-state index >= 15 is 0 Å². The number of sulfonamides is 1. The molecule has 0 spiro atoms. The zero-order chi connectivity index (χ0) is 12.8. The molecule has 0 unspecified atom stereocenters. The van der Waals surface area contributed by atoms with E-state index in [0.717, 1.165) is 0 Å². The summed E-state index contributed by atoms with van der Waals surface area (Å²) in [6.07, 6.45) is 0. The van der Waals surface area contributed by atoms with E-state index in [1.54, 1.807) is 20.8 Å². The smallest absolute Gasteiger partial charge is 0.321 e. The summed E-state index contributed by atoms with van der Waals surface area (Å²) in [5.74, 6) is -1.70. The van der Waals surface area contributed by atoms with Gasteiger partial charge in [-0.3, -0.25) is 4.79 Å². The van der Waals surface area contributed by atoms with E-state index in [1.807, 2.05) is 0 Å². The predicted molar refractivity (Wildman–Crippen MR) is 59.7 cm³/mol. The number of aliphatic carboxylic acids is 1. The van der Waals surface area contributed by atoms with E-state index in [0.29, 0.717) is 6.61 Å². The van der Waals surface area contributed by atoms with Crippen LogP contribution >= 0.6 is 0 Å². The molecule has 0 aromatic heterocycles. The van der Waals surface area contributed by atoms with Crippen molar-refractivity contribution in [2.24, 2.45) is 5.92 Å². The Morgan fingerprint density at radius 1 is 1.44 bits per heavy atom. The molecule has 0 aromatic carbocycles. The van der Waals surface area contributed by atoms with E-state index in [4.69, 9.17) is 9.84 Å². The molecule has 0 rings (SSSR count). The average Bonchev–Trinajstić information content (AvgIpc) is 2.13. The van der Waals surface area contributed by atoms with Crippen LogP contribution in [0.2, 0.25) is 0 Å². The Labute approximate surface area is 96.0 Å². The summed E-state index contributed by atoms with van der Waals surface area (Å²) in [6.45, 7) is 5.54. The molecule has 0 aliphatic carbocycles. The molecule has 0 fully saturated rings. The first-order valence-corrected chi connectivity index (χ1v) is 6.76. The summed E-state index contributed by atoms with van der Waals surface area (Å²) in [7, 11) is -3.60. The number of carbonyl (C=O) groups is 1. The fraction of sp³-hybridized carbons (Fsp3) is 0.889. The van der Waals surface area contributed by atoms with Gasteiger partial charge in [-0.1, -0.05) is 13.8 Å². The van der Waals surface area contributed by atoms with Crippen LogP contribution in [0.25, 0.3) is 0 Å². The number of rotatable bonds is 8. The van der Waals surface area contributed by atoms with Crippen LogP contribution in [-0.2, 0) is 19.6 Å². The highest BCUT2D eigenvalue weighted by molar-refractivity contribution is 7.89. The van der Waals surface area contributed by atoms with Crippen LogP contribution in [0.4, 0.5) is 0 Å². The van der Waals surface area contributed by atoms with Gasteiger partial charge in [-0.15, -0.1) is 0 Å².